The summed E-state index contributed by atoms with van der Waals surface area (Å²) in [6.07, 6.45) is -5.36. The van der Waals surface area contributed by atoms with E-state index in [9.17, 15) is 18.0 Å². The largest absolute Gasteiger partial charge is 0.462 e. The first-order chi connectivity index (χ1) is 9.39. The number of carbonyl (C=O) groups excluding carboxylic acids is 1. The van der Waals surface area contributed by atoms with Gasteiger partial charge in [-0.1, -0.05) is 0 Å². The molecule has 4 nitrogen and oxygen atoms in total. The first kappa shape index (κ1) is 14.4. The van der Waals surface area contributed by atoms with Gasteiger partial charge in [0.25, 0.3) is 0 Å². The van der Waals surface area contributed by atoms with Crippen LogP contribution in [0.15, 0.2) is 18.2 Å². The molecule has 1 aromatic heterocycles. The van der Waals surface area contributed by atoms with Crippen molar-refractivity contribution in [2.75, 3.05) is 6.61 Å². The van der Waals surface area contributed by atoms with Crippen LogP contribution in [0.1, 0.15) is 29.5 Å². The summed E-state index contributed by atoms with van der Waals surface area (Å²) in [7, 11) is 0. The van der Waals surface area contributed by atoms with E-state index in [-0.39, 0.29) is 18.9 Å². The zero-order chi connectivity index (χ0) is 14.8. The van der Waals surface area contributed by atoms with Gasteiger partial charge < -0.3 is 9.72 Å². The minimum absolute atomic E-state index is 0.215. The number of hydrogen-bond donors (Lipinski definition) is 1. The van der Waals surface area contributed by atoms with Gasteiger partial charge in [-0.15, -0.1) is 0 Å². The van der Waals surface area contributed by atoms with Crippen LogP contribution in [0.25, 0.3) is 11.0 Å². The number of imidazole rings is 1. The normalized spacial score (nSPS) is 11.8. The Hall–Kier alpha value is -2.05. The van der Waals surface area contributed by atoms with E-state index in [2.05, 4.69) is 9.97 Å². The van der Waals surface area contributed by atoms with Gasteiger partial charge in [0.15, 0.2) is 0 Å². The Morgan fingerprint density at radius 3 is 2.80 bits per heavy atom. The number of fused-ring (bicyclic) bond motifs is 1. The van der Waals surface area contributed by atoms with E-state index in [4.69, 9.17) is 4.74 Å². The van der Waals surface area contributed by atoms with Crippen LogP contribution >= 0.6 is 0 Å². The molecule has 0 unspecified atom stereocenters. The van der Waals surface area contributed by atoms with Crippen LogP contribution < -0.4 is 0 Å². The topological polar surface area (TPSA) is 55.0 Å². The van der Waals surface area contributed by atoms with Crippen LogP contribution in [0.4, 0.5) is 13.2 Å². The summed E-state index contributed by atoms with van der Waals surface area (Å²) in [6.45, 7) is 1.96. The quantitative estimate of drug-likeness (QED) is 0.878. The summed E-state index contributed by atoms with van der Waals surface area (Å²) in [4.78, 5) is 18.4. The highest BCUT2D eigenvalue weighted by Gasteiger charge is 2.27. The molecule has 108 valence electrons. The Labute approximate surface area is 113 Å². The van der Waals surface area contributed by atoms with Crippen molar-refractivity contribution in [1.29, 1.82) is 0 Å². The van der Waals surface area contributed by atoms with Crippen molar-refractivity contribution in [3.63, 3.8) is 0 Å². The molecule has 1 heterocycles. The Morgan fingerprint density at radius 2 is 2.15 bits per heavy atom. The van der Waals surface area contributed by atoms with Crippen molar-refractivity contribution >= 4 is 17.0 Å². The molecule has 2 aromatic rings. The smallest absolute Gasteiger partial charge is 0.389 e. The van der Waals surface area contributed by atoms with E-state index in [1.807, 2.05) is 0 Å². The highest BCUT2D eigenvalue weighted by atomic mass is 19.4. The number of H-pyrrole nitrogens is 1. The number of nitrogens with zero attached hydrogens (tertiary/aromatic N) is 1. The molecular formula is C13H13F3N2O2. The fourth-order valence-corrected chi connectivity index (χ4v) is 1.78. The van der Waals surface area contributed by atoms with Crippen molar-refractivity contribution in [1.82, 2.24) is 9.97 Å². The number of aromatic nitrogens is 2. The summed E-state index contributed by atoms with van der Waals surface area (Å²) >= 11 is 0. The van der Waals surface area contributed by atoms with Gasteiger partial charge in [-0.3, -0.25) is 0 Å². The molecule has 0 aliphatic heterocycles. The van der Waals surface area contributed by atoms with Gasteiger partial charge >= 0.3 is 12.1 Å². The fourth-order valence-electron chi connectivity index (χ4n) is 1.78. The number of rotatable bonds is 4. The first-order valence-electron chi connectivity index (χ1n) is 6.11. The third-order valence-corrected chi connectivity index (χ3v) is 2.69. The Kier molecular flexibility index (Phi) is 3.96. The van der Waals surface area contributed by atoms with Crippen molar-refractivity contribution < 1.29 is 22.7 Å². The fraction of sp³-hybridized carbons (Fsp3) is 0.385. The highest BCUT2D eigenvalue weighted by molar-refractivity contribution is 5.93. The number of alkyl halides is 3. The summed E-state index contributed by atoms with van der Waals surface area (Å²) in [6, 6.07) is 4.64. The average Bonchev–Trinajstić information content (AvgIpc) is 2.77. The van der Waals surface area contributed by atoms with E-state index in [0.717, 1.165) is 0 Å². The predicted octanol–water partition coefficient (Wildman–Crippen LogP) is 3.23. The number of nitrogens with one attached hydrogen (secondary N) is 1. The zero-order valence-corrected chi connectivity index (χ0v) is 10.8. The van der Waals surface area contributed by atoms with Crippen molar-refractivity contribution in [2.24, 2.45) is 0 Å². The highest BCUT2D eigenvalue weighted by Crippen LogP contribution is 2.22. The van der Waals surface area contributed by atoms with E-state index < -0.39 is 18.6 Å². The maximum absolute atomic E-state index is 12.1. The molecule has 7 heteroatoms. The molecule has 0 amide bonds. The SMILES string of the molecule is CCOC(=O)c1ccc2nc(CCC(F)(F)F)[nH]c2c1. The molecule has 0 spiro atoms. The molecule has 0 saturated heterocycles. The van der Waals surface area contributed by atoms with Crippen LogP contribution in [0.5, 0.6) is 0 Å². The second-order valence-corrected chi connectivity index (χ2v) is 4.25. The lowest BCUT2D eigenvalue weighted by Gasteiger charge is -2.02. The van der Waals surface area contributed by atoms with Gasteiger partial charge in [-0.25, -0.2) is 9.78 Å². The second kappa shape index (κ2) is 5.52. The number of benzene rings is 1. The Bertz CT molecular complexity index is 620. The van der Waals surface area contributed by atoms with Crippen LogP contribution in [0.2, 0.25) is 0 Å². The number of aryl methyl sites for hydroxylation is 1. The molecule has 2 rings (SSSR count). The van der Waals surface area contributed by atoms with Crippen LogP contribution in [0, 0.1) is 0 Å². The molecular weight excluding hydrogens is 273 g/mol. The minimum Gasteiger partial charge on any atom is -0.462 e. The number of esters is 1. The maximum Gasteiger partial charge on any atom is 0.389 e. The molecule has 0 aliphatic rings. The van der Waals surface area contributed by atoms with E-state index in [1.165, 1.54) is 12.1 Å². The van der Waals surface area contributed by atoms with Gasteiger partial charge in [0, 0.05) is 6.42 Å². The van der Waals surface area contributed by atoms with Gasteiger partial charge in [-0.05, 0) is 25.1 Å². The number of halogens is 3. The number of carbonyl (C=O) groups is 1. The van der Waals surface area contributed by atoms with E-state index in [0.29, 0.717) is 16.6 Å². The third-order valence-electron chi connectivity index (χ3n) is 2.69. The van der Waals surface area contributed by atoms with E-state index in [1.54, 1.807) is 13.0 Å². The van der Waals surface area contributed by atoms with Crippen LogP contribution in [-0.2, 0) is 11.2 Å². The molecule has 1 aromatic carbocycles. The zero-order valence-electron chi connectivity index (χ0n) is 10.8. The molecule has 0 aliphatic carbocycles. The van der Waals surface area contributed by atoms with Crippen LogP contribution in [0.3, 0.4) is 0 Å². The van der Waals surface area contributed by atoms with Crippen LogP contribution in [-0.4, -0.2) is 28.7 Å². The van der Waals surface area contributed by atoms with Gasteiger partial charge in [0.2, 0.25) is 0 Å². The van der Waals surface area contributed by atoms with Gasteiger partial charge in [0.05, 0.1) is 29.6 Å². The Morgan fingerprint density at radius 1 is 1.40 bits per heavy atom. The van der Waals surface area contributed by atoms with Crippen molar-refractivity contribution in [3.8, 4) is 0 Å². The molecule has 0 radical (unpaired) electrons. The summed E-state index contributed by atoms with van der Waals surface area (Å²) in [5, 5.41) is 0. The lowest BCUT2D eigenvalue weighted by atomic mass is 10.2. The summed E-state index contributed by atoms with van der Waals surface area (Å²) < 4.78 is 41.3. The maximum atomic E-state index is 12.1. The standard InChI is InChI=1S/C13H13F3N2O2/c1-2-20-12(19)8-3-4-9-10(7-8)18-11(17-9)5-6-13(14,15)16/h3-4,7H,2,5-6H2,1H3,(H,17,18). The first-order valence-corrected chi connectivity index (χ1v) is 6.11. The van der Waals surface area contributed by atoms with Crippen molar-refractivity contribution in [3.05, 3.63) is 29.6 Å². The second-order valence-electron chi connectivity index (χ2n) is 4.25. The third kappa shape index (κ3) is 3.49. The van der Waals surface area contributed by atoms with Gasteiger partial charge in [-0.2, -0.15) is 13.2 Å². The molecule has 0 atom stereocenters. The molecule has 0 fully saturated rings. The Balaban J connectivity index is 2.19. The average molecular weight is 286 g/mol. The van der Waals surface area contributed by atoms with E-state index >= 15 is 0 Å². The number of ether oxygens (including phenoxy) is 1. The number of aromatic amines is 1. The summed E-state index contributed by atoms with van der Waals surface area (Å²) in [5.74, 6) is -0.223. The lowest BCUT2D eigenvalue weighted by Crippen LogP contribution is -2.09. The molecule has 20 heavy (non-hydrogen) atoms. The molecule has 0 bridgehead atoms. The monoisotopic (exact) mass is 286 g/mol. The lowest BCUT2D eigenvalue weighted by molar-refractivity contribution is -0.134. The predicted molar refractivity (Wildman–Crippen MR) is 66.4 cm³/mol. The number of hydrogen-bond acceptors (Lipinski definition) is 3. The van der Waals surface area contributed by atoms with Crippen molar-refractivity contribution in [2.45, 2.75) is 25.9 Å². The summed E-state index contributed by atoms with van der Waals surface area (Å²) in [5.41, 5.74) is 1.38. The van der Waals surface area contributed by atoms with Gasteiger partial charge in [0.1, 0.15) is 5.82 Å². The molecule has 1 N–H and O–H groups in total. The molecule has 0 saturated carbocycles. The minimum atomic E-state index is -4.21.